The number of carbonyl (C=O) groups excluding carboxylic acids is 1. The quantitative estimate of drug-likeness (QED) is 0.338. The van der Waals surface area contributed by atoms with Crippen molar-refractivity contribution >= 4 is 5.97 Å². The first-order chi connectivity index (χ1) is 16.0. The van der Waals surface area contributed by atoms with Gasteiger partial charge in [0.1, 0.15) is 23.9 Å². The second-order valence-corrected chi connectivity index (χ2v) is 11.5. The van der Waals surface area contributed by atoms with Crippen LogP contribution < -0.4 is 5.63 Å². The third-order valence-electron chi connectivity index (χ3n) is 10.2. The minimum atomic E-state index is -1.53. The number of aliphatic hydroxyl groups is 3. The maximum atomic E-state index is 12.5. The average Bonchev–Trinajstić information content (AvgIpc) is 3.53. The summed E-state index contributed by atoms with van der Waals surface area (Å²) >= 11 is 0. The molecule has 0 aromatic carbocycles. The Morgan fingerprint density at radius 1 is 1.18 bits per heavy atom. The molecule has 2 heterocycles. The summed E-state index contributed by atoms with van der Waals surface area (Å²) < 4.78 is 16.7. The van der Waals surface area contributed by atoms with Gasteiger partial charge in [-0.15, -0.1) is 0 Å². The lowest BCUT2D eigenvalue weighted by molar-refractivity contribution is -0.285. The molecule has 5 aliphatic rings. The highest BCUT2D eigenvalue weighted by Gasteiger charge is 2.78. The van der Waals surface area contributed by atoms with E-state index in [0.29, 0.717) is 25.7 Å². The smallest absolute Gasteiger partial charge is 0.335 e. The van der Waals surface area contributed by atoms with E-state index in [4.69, 9.17) is 13.9 Å². The van der Waals surface area contributed by atoms with Gasteiger partial charge >= 0.3 is 11.6 Å². The van der Waals surface area contributed by atoms with Crippen molar-refractivity contribution in [3.8, 4) is 0 Å². The molecule has 184 valence electrons. The molecular weight excluding hydrogens is 440 g/mol. The van der Waals surface area contributed by atoms with Crippen LogP contribution in [0.1, 0.15) is 64.4 Å². The van der Waals surface area contributed by atoms with Crippen molar-refractivity contribution in [2.75, 3.05) is 0 Å². The first-order valence-corrected chi connectivity index (χ1v) is 12.2. The summed E-state index contributed by atoms with van der Waals surface area (Å²) in [6.07, 6.45) is 3.40. The van der Waals surface area contributed by atoms with Crippen LogP contribution in [-0.2, 0) is 14.3 Å². The molecule has 10 atom stereocenters. The van der Waals surface area contributed by atoms with E-state index >= 15 is 0 Å². The Morgan fingerprint density at radius 3 is 2.62 bits per heavy atom. The summed E-state index contributed by atoms with van der Waals surface area (Å²) in [6.45, 7) is 5.36. The maximum Gasteiger partial charge on any atom is 0.335 e. The van der Waals surface area contributed by atoms with Gasteiger partial charge in [0.05, 0.1) is 18.0 Å². The highest BCUT2D eigenvalue weighted by atomic mass is 16.6. The minimum absolute atomic E-state index is 0.0610. The summed E-state index contributed by atoms with van der Waals surface area (Å²) in [5, 5.41) is 35.5. The summed E-state index contributed by atoms with van der Waals surface area (Å²) in [7, 11) is 0. The molecular formula is C26H32O8. The second kappa shape index (κ2) is 6.81. The number of esters is 1. The molecule has 0 unspecified atom stereocenters. The Kier molecular flexibility index (Phi) is 4.50. The lowest BCUT2D eigenvalue weighted by Crippen LogP contribution is -2.74. The van der Waals surface area contributed by atoms with Crippen molar-refractivity contribution in [1.29, 1.82) is 0 Å². The van der Waals surface area contributed by atoms with Crippen LogP contribution in [0.5, 0.6) is 0 Å². The van der Waals surface area contributed by atoms with E-state index < -0.39 is 45.8 Å². The highest BCUT2D eigenvalue weighted by Crippen LogP contribution is 2.73. The summed E-state index contributed by atoms with van der Waals surface area (Å²) in [4.78, 5) is 23.6. The summed E-state index contributed by atoms with van der Waals surface area (Å²) in [5.41, 5.74) is -3.13. The zero-order chi connectivity index (χ0) is 24.3. The fraction of sp³-hybridized carbons (Fsp3) is 0.692. The van der Waals surface area contributed by atoms with Gasteiger partial charge in [0.2, 0.25) is 0 Å². The third-order valence-corrected chi connectivity index (χ3v) is 10.2. The molecule has 6 rings (SSSR count). The average molecular weight is 473 g/mol. The SMILES string of the molecule is CC(=O)O[C@@H]1C[C@]2(O)[C@H](CC[C@]3(C)[C@@H](c4ccc(=O)oc4)CC[C@@]32O)[C@]2(C)C1=C[C@@H](O)[C@@H]1O[C@@H]12. The zero-order valence-electron chi connectivity index (χ0n) is 19.7. The van der Waals surface area contributed by atoms with Crippen LogP contribution in [0, 0.1) is 16.7 Å². The van der Waals surface area contributed by atoms with Crippen LogP contribution in [0.2, 0.25) is 0 Å². The van der Waals surface area contributed by atoms with Gasteiger partial charge in [0, 0.05) is 36.2 Å². The molecule has 1 saturated heterocycles. The lowest BCUT2D eigenvalue weighted by Gasteiger charge is -2.66. The van der Waals surface area contributed by atoms with Crippen LogP contribution in [0.25, 0.3) is 0 Å². The van der Waals surface area contributed by atoms with Gasteiger partial charge in [-0.2, -0.15) is 0 Å². The molecule has 1 aromatic heterocycles. The molecule has 4 fully saturated rings. The Balaban J connectivity index is 1.46. The van der Waals surface area contributed by atoms with Crippen LogP contribution in [0.15, 0.2) is 39.3 Å². The largest absolute Gasteiger partial charge is 0.458 e. The minimum Gasteiger partial charge on any atom is -0.458 e. The molecule has 8 heteroatoms. The van der Waals surface area contributed by atoms with Crippen molar-refractivity contribution in [1.82, 2.24) is 0 Å². The predicted molar refractivity (Wildman–Crippen MR) is 119 cm³/mol. The highest BCUT2D eigenvalue weighted by molar-refractivity contribution is 5.67. The molecule has 0 amide bonds. The number of carbonyl (C=O) groups is 1. The maximum absolute atomic E-state index is 12.5. The molecule has 3 N–H and O–H groups in total. The van der Waals surface area contributed by atoms with E-state index in [1.807, 2.05) is 13.8 Å². The molecule has 0 spiro atoms. The Hall–Kier alpha value is -2.00. The number of aliphatic hydroxyl groups excluding tert-OH is 1. The van der Waals surface area contributed by atoms with Crippen LogP contribution >= 0.6 is 0 Å². The van der Waals surface area contributed by atoms with Crippen molar-refractivity contribution in [2.24, 2.45) is 16.7 Å². The van der Waals surface area contributed by atoms with Crippen LogP contribution in [-0.4, -0.2) is 56.9 Å². The second-order valence-electron chi connectivity index (χ2n) is 11.5. The number of hydrogen-bond acceptors (Lipinski definition) is 8. The summed E-state index contributed by atoms with van der Waals surface area (Å²) in [6, 6.07) is 3.14. The van der Waals surface area contributed by atoms with Crippen molar-refractivity contribution in [3.05, 3.63) is 46.0 Å². The molecule has 1 aromatic rings. The first-order valence-electron chi connectivity index (χ1n) is 12.2. The Labute approximate surface area is 197 Å². The van der Waals surface area contributed by atoms with E-state index in [2.05, 4.69) is 0 Å². The predicted octanol–water partition coefficient (Wildman–Crippen LogP) is 1.81. The topological polar surface area (TPSA) is 130 Å². The fourth-order valence-corrected chi connectivity index (χ4v) is 8.56. The van der Waals surface area contributed by atoms with Crippen molar-refractivity contribution in [2.45, 2.75) is 94.4 Å². The van der Waals surface area contributed by atoms with Gasteiger partial charge in [-0.3, -0.25) is 4.79 Å². The Bertz CT molecular complexity index is 1120. The molecule has 4 aliphatic carbocycles. The van der Waals surface area contributed by atoms with Gasteiger partial charge in [-0.25, -0.2) is 4.79 Å². The molecule has 1 aliphatic heterocycles. The van der Waals surface area contributed by atoms with Crippen molar-refractivity contribution < 1.29 is 34.0 Å². The zero-order valence-corrected chi connectivity index (χ0v) is 19.7. The van der Waals surface area contributed by atoms with Crippen LogP contribution in [0.4, 0.5) is 0 Å². The monoisotopic (exact) mass is 472 g/mol. The Morgan fingerprint density at radius 2 is 1.94 bits per heavy atom. The number of rotatable bonds is 2. The molecule has 8 nitrogen and oxygen atoms in total. The van der Waals surface area contributed by atoms with E-state index in [1.54, 1.807) is 12.1 Å². The van der Waals surface area contributed by atoms with E-state index in [-0.39, 0.29) is 30.5 Å². The van der Waals surface area contributed by atoms with Crippen LogP contribution in [0.3, 0.4) is 0 Å². The van der Waals surface area contributed by atoms with E-state index in [0.717, 1.165) is 11.1 Å². The number of epoxide rings is 1. The molecule has 3 saturated carbocycles. The number of hydrogen-bond donors (Lipinski definition) is 3. The first kappa shape index (κ1) is 22.5. The van der Waals surface area contributed by atoms with Gasteiger partial charge < -0.3 is 29.2 Å². The lowest BCUT2D eigenvalue weighted by atomic mass is 9.42. The summed E-state index contributed by atoms with van der Waals surface area (Å²) in [5.74, 6) is -0.897. The normalized spacial score (nSPS) is 50.8. The molecule has 0 radical (unpaired) electrons. The third kappa shape index (κ3) is 2.57. The van der Waals surface area contributed by atoms with E-state index in [9.17, 15) is 24.9 Å². The van der Waals surface area contributed by atoms with Crippen molar-refractivity contribution in [3.63, 3.8) is 0 Å². The number of ether oxygens (including phenoxy) is 2. The van der Waals surface area contributed by atoms with Gasteiger partial charge in [0.15, 0.2) is 0 Å². The fourth-order valence-electron chi connectivity index (χ4n) is 8.56. The molecule has 34 heavy (non-hydrogen) atoms. The van der Waals surface area contributed by atoms with Gasteiger partial charge in [-0.05, 0) is 54.9 Å². The van der Waals surface area contributed by atoms with E-state index in [1.165, 1.54) is 19.3 Å². The number of fused-ring (bicyclic) bond motifs is 7. The molecule has 0 bridgehead atoms. The van der Waals surface area contributed by atoms with Gasteiger partial charge in [0.25, 0.3) is 0 Å². The standard InChI is InChI=1S/C26H32O8/c1-13(27)33-18-11-25(30)19(24(3)16(18)10-17(28)21-22(24)34-21)7-8-23(2)15(6-9-26(23,25)31)14-4-5-20(29)32-12-14/h4-5,10,12,15,17-19,21-22,28,30-31H,6-9,11H2,1-3H3/t15-,17-,18-,19-,21+,22+,23-,24+,25+,26-/m1/s1. The van der Waals surface area contributed by atoms with Gasteiger partial charge in [-0.1, -0.05) is 13.8 Å².